The molecule has 3 rings (SSSR count). The van der Waals surface area contributed by atoms with Crippen molar-refractivity contribution >= 4 is 11.6 Å². The highest BCUT2D eigenvalue weighted by Crippen LogP contribution is 2.24. The Hall–Kier alpha value is -2.10. The monoisotopic (exact) mass is 284 g/mol. The Morgan fingerprint density at radius 1 is 1.14 bits per heavy atom. The number of nitrogens with zero attached hydrogens (tertiary/aromatic N) is 1. The number of aromatic nitrogens is 1. The summed E-state index contributed by atoms with van der Waals surface area (Å²) in [5.41, 5.74) is 4.61. The number of hydrogen-bond acceptors (Lipinski definition) is 3. The number of benzene rings is 1. The number of hydrogen-bond donors (Lipinski definition) is 1. The fourth-order valence-electron chi connectivity index (χ4n) is 2.75. The summed E-state index contributed by atoms with van der Waals surface area (Å²) in [6, 6.07) is 5.90. The van der Waals surface area contributed by atoms with E-state index in [4.69, 9.17) is 4.52 Å². The molecule has 0 unspecified atom stereocenters. The number of carbonyl (C=O) groups excluding carboxylic acids is 1. The van der Waals surface area contributed by atoms with Crippen LogP contribution in [0, 0.1) is 13.8 Å². The van der Waals surface area contributed by atoms with Crippen LogP contribution in [0.1, 0.15) is 52.2 Å². The molecule has 0 saturated carbocycles. The van der Waals surface area contributed by atoms with Gasteiger partial charge in [0.15, 0.2) is 5.69 Å². The number of anilines is 1. The van der Waals surface area contributed by atoms with Gasteiger partial charge in [-0.25, -0.2) is 0 Å². The first kappa shape index (κ1) is 13.9. The second-order valence-electron chi connectivity index (χ2n) is 5.75. The minimum atomic E-state index is -0.176. The highest BCUT2D eigenvalue weighted by atomic mass is 16.5. The highest BCUT2D eigenvalue weighted by molar-refractivity contribution is 6.04. The van der Waals surface area contributed by atoms with Crippen LogP contribution >= 0.6 is 0 Å². The largest absolute Gasteiger partial charge is 0.360 e. The van der Waals surface area contributed by atoms with Crippen molar-refractivity contribution in [1.29, 1.82) is 0 Å². The zero-order valence-electron chi connectivity index (χ0n) is 12.5. The topological polar surface area (TPSA) is 55.1 Å². The lowest BCUT2D eigenvalue weighted by Crippen LogP contribution is -2.14. The molecule has 2 aromatic rings. The maximum absolute atomic E-state index is 12.4. The predicted molar refractivity (Wildman–Crippen MR) is 81.6 cm³/mol. The van der Waals surface area contributed by atoms with Gasteiger partial charge < -0.3 is 9.84 Å². The molecule has 1 amide bonds. The van der Waals surface area contributed by atoms with E-state index >= 15 is 0 Å². The lowest BCUT2D eigenvalue weighted by molar-refractivity contribution is 0.101. The molecule has 1 aliphatic carbocycles. The van der Waals surface area contributed by atoms with E-state index in [-0.39, 0.29) is 5.91 Å². The van der Waals surface area contributed by atoms with E-state index in [9.17, 15) is 4.79 Å². The van der Waals surface area contributed by atoms with Gasteiger partial charge >= 0.3 is 0 Å². The van der Waals surface area contributed by atoms with Crippen molar-refractivity contribution in [2.75, 3.05) is 5.32 Å². The zero-order valence-corrected chi connectivity index (χ0v) is 12.5. The normalized spacial score (nSPS) is 14.4. The quantitative estimate of drug-likeness (QED) is 0.853. The Kier molecular flexibility index (Phi) is 3.78. The Labute approximate surface area is 124 Å². The third-order valence-electron chi connectivity index (χ3n) is 4.18. The van der Waals surface area contributed by atoms with Gasteiger partial charge in [-0.1, -0.05) is 17.6 Å². The molecule has 21 heavy (non-hydrogen) atoms. The van der Waals surface area contributed by atoms with Crippen LogP contribution in [0.2, 0.25) is 0 Å². The summed E-state index contributed by atoms with van der Waals surface area (Å²) in [5.74, 6) is 0.711. The van der Waals surface area contributed by atoms with Crippen LogP contribution in [0.15, 0.2) is 22.7 Å². The van der Waals surface area contributed by atoms with Crippen LogP contribution < -0.4 is 5.32 Å². The van der Waals surface area contributed by atoms with Gasteiger partial charge in [0.2, 0.25) is 0 Å². The molecule has 0 atom stereocenters. The average molecular weight is 284 g/mol. The summed E-state index contributed by atoms with van der Waals surface area (Å²) >= 11 is 0. The average Bonchev–Trinajstić information content (AvgIpc) is 2.72. The van der Waals surface area contributed by atoms with E-state index in [0.717, 1.165) is 48.3 Å². The maximum atomic E-state index is 12.4. The SMILES string of the molecule is Cc1ccc(NC(=O)c2noc3c2CCCCC3)cc1C. The molecule has 0 spiro atoms. The summed E-state index contributed by atoms with van der Waals surface area (Å²) in [4.78, 5) is 12.4. The van der Waals surface area contributed by atoms with Gasteiger partial charge in [0.05, 0.1) is 0 Å². The van der Waals surface area contributed by atoms with Gasteiger partial charge in [0.1, 0.15) is 5.76 Å². The van der Waals surface area contributed by atoms with Crippen molar-refractivity contribution in [2.45, 2.75) is 46.0 Å². The van der Waals surface area contributed by atoms with Gasteiger partial charge in [-0.3, -0.25) is 4.79 Å². The van der Waals surface area contributed by atoms with Gasteiger partial charge in [-0.05, 0) is 56.4 Å². The van der Waals surface area contributed by atoms with E-state index in [1.54, 1.807) is 0 Å². The minimum absolute atomic E-state index is 0.176. The van der Waals surface area contributed by atoms with Crippen LogP contribution in [-0.4, -0.2) is 11.1 Å². The number of rotatable bonds is 2. The molecule has 1 aromatic heterocycles. The fraction of sp³-hybridized carbons (Fsp3) is 0.412. The Balaban J connectivity index is 1.82. The molecule has 0 radical (unpaired) electrons. The lowest BCUT2D eigenvalue weighted by Gasteiger charge is -2.07. The molecule has 1 aliphatic rings. The van der Waals surface area contributed by atoms with Gasteiger partial charge in [0.25, 0.3) is 5.91 Å². The number of amides is 1. The van der Waals surface area contributed by atoms with Crippen LogP contribution in [0.4, 0.5) is 5.69 Å². The molecule has 1 aromatic carbocycles. The van der Waals surface area contributed by atoms with Crippen molar-refractivity contribution in [2.24, 2.45) is 0 Å². The fourth-order valence-corrected chi connectivity index (χ4v) is 2.75. The van der Waals surface area contributed by atoms with Crippen LogP contribution in [-0.2, 0) is 12.8 Å². The predicted octanol–water partition coefficient (Wildman–Crippen LogP) is 3.81. The third kappa shape index (κ3) is 2.84. The molecular weight excluding hydrogens is 264 g/mol. The molecule has 0 saturated heterocycles. The summed E-state index contributed by atoms with van der Waals surface area (Å²) in [5, 5.41) is 6.91. The molecule has 0 fully saturated rings. The summed E-state index contributed by atoms with van der Waals surface area (Å²) in [6.45, 7) is 4.09. The molecule has 0 bridgehead atoms. The van der Waals surface area contributed by atoms with Crippen LogP contribution in [0.25, 0.3) is 0 Å². The molecular formula is C17H20N2O2. The second-order valence-corrected chi connectivity index (χ2v) is 5.75. The molecule has 110 valence electrons. The summed E-state index contributed by atoms with van der Waals surface area (Å²) in [7, 11) is 0. The van der Waals surface area contributed by atoms with Crippen molar-refractivity contribution in [3.63, 3.8) is 0 Å². The van der Waals surface area contributed by atoms with Crippen LogP contribution in [0.5, 0.6) is 0 Å². The Morgan fingerprint density at radius 2 is 1.95 bits per heavy atom. The van der Waals surface area contributed by atoms with E-state index in [0.29, 0.717) is 5.69 Å². The van der Waals surface area contributed by atoms with E-state index in [1.807, 2.05) is 25.1 Å². The Bertz CT molecular complexity index is 673. The number of aryl methyl sites for hydroxylation is 3. The molecule has 4 heteroatoms. The van der Waals surface area contributed by atoms with E-state index in [1.165, 1.54) is 12.0 Å². The molecule has 1 heterocycles. The second kappa shape index (κ2) is 5.72. The van der Waals surface area contributed by atoms with Gasteiger partial charge in [0, 0.05) is 17.7 Å². The van der Waals surface area contributed by atoms with E-state index < -0.39 is 0 Å². The van der Waals surface area contributed by atoms with Crippen molar-refractivity contribution < 1.29 is 9.32 Å². The zero-order chi connectivity index (χ0) is 14.8. The van der Waals surface area contributed by atoms with Crippen molar-refractivity contribution in [3.05, 3.63) is 46.3 Å². The van der Waals surface area contributed by atoms with Crippen LogP contribution in [0.3, 0.4) is 0 Å². The standard InChI is InChI=1S/C17H20N2O2/c1-11-8-9-13(10-12(11)2)18-17(20)16-14-6-4-3-5-7-15(14)21-19-16/h8-10H,3-7H2,1-2H3,(H,18,20). The number of carbonyl (C=O) groups is 1. The van der Waals surface area contributed by atoms with Gasteiger partial charge in [-0.2, -0.15) is 0 Å². The lowest BCUT2D eigenvalue weighted by atomic mass is 10.1. The molecule has 0 aliphatic heterocycles. The third-order valence-corrected chi connectivity index (χ3v) is 4.18. The smallest absolute Gasteiger partial charge is 0.278 e. The summed E-state index contributed by atoms with van der Waals surface area (Å²) in [6.07, 6.45) is 5.16. The summed E-state index contributed by atoms with van der Waals surface area (Å²) < 4.78 is 5.36. The van der Waals surface area contributed by atoms with Crippen molar-refractivity contribution in [3.8, 4) is 0 Å². The minimum Gasteiger partial charge on any atom is -0.360 e. The highest BCUT2D eigenvalue weighted by Gasteiger charge is 2.23. The van der Waals surface area contributed by atoms with E-state index in [2.05, 4.69) is 17.4 Å². The van der Waals surface area contributed by atoms with Gasteiger partial charge in [-0.15, -0.1) is 0 Å². The first-order valence-electron chi connectivity index (χ1n) is 7.51. The number of fused-ring (bicyclic) bond motifs is 1. The maximum Gasteiger partial charge on any atom is 0.278 e. The molecule has 1 N–H and O–H groups in total. The Morgan fingerprint density at radius 3 is 2.76 bits per heavy atom. The van der Waals surface area contributed by atoms with Crippen molar-refractivity contribution in [1.82, 2.24) is 5.16 Å². The number of nitrogens with one attached hydrogen (secondary N) is 1. The first-order valence-corrected chi connectivity index (χ1v) is 7.51. The first-order chi connectivity index (χ1) is 10.1. The molecule has 4 nitrogen and oxygen atoms in total.